The Morgan fingerprint density at radius 3 is 1.89 bits per heavy atom. The van der Waals surface area contributed by atoms with E-state index in [4.69, 9.17) is 8.92 Å². The molecule has 0 aromatic heterocycles. The normalized spacial score (nSPS) is 12.3. The minimum absolute atomic E-state index is 0.312. The number of hydrogen-bond acceptors (Lipinski definition) is 5. The molecule has 0 radical (unpaired) electrons. The van der Waals surface area contributed by atoms with Gasteiger partial charge in [-0.05, 0) is 23.3 Å². The Morgan fingerprint density at radius 2 is 1.30 bits per heavy atom. The van der Waals surface area contributed by atoms with Gasteiger partial charge in [0.05, 0.1) is 0 Å². The van der Waals surface area contributed by atoms with Crippen molar-refractivity contribution in [2.24, 2.45) is 0 Å². The van der Waals surface area contributed by atoms with E-state index in [0.29, 0.717) is 16.9 Å². The van der Waals surface area contributed by atoms with E-state index < -0.39 is 22.2 Å². The Balaban J connectivity index is 1.83. The van der Waals surface area contributed by atoms with Crippen LogP contribution < -0.4 is 4.74 Å². The maximum absolute atomic E-state index is 12.6. The van der Waals surface area contributed by atoms with Gasteiger partial charge in [-0.15, -0.1) is 0 Å². The van der Waals surface area contributed by atoms with E-state index in [1.54, 1.807) is 91.0 Å². The van der Waals surface area contributed by atoms with Crippen LogP contribution in [0.25, 0.3) is 0 Å². The fourth-order valence-corrected chi connectivity index (χ4v) is 3.63. The summed E-state index contributed by atoms with van der Waals surface area (Å²) in [6.07, 6.45) is -1.39. The van der Waals surface area contributed by atoms with Crippen molar-refractivity contribution in [2.75, 3.05) is 0 Å². The molecule has 0 spiro atoms. The van der Waals surface area contributed by atoms with E-state index in [-0.39, 0.29) is 5.75 Å². The van der Waals surface area contributed by atoms with Crippen molar-refractivity contribution in [1.82, 2.24) is 0 Å². The number of hydrogen-bond donors (Lipinski definition) is 0. The van der Waals surface area contributed by atoms with Gasteiger partial charge in [-0.2, -0.15) is 8.42 Å². The highest BCUT2D eigenvalue weighted by molar-refractivity contribution is 7.85. The second kappa shape index (κ2) is 8.62. The number of ether oxygens (including phenoxy) is 1. The first-order chi connectivity index (χ1) is 13.0. The standard InChI is InChI=1S/C21H18O5S/c22-21(25-19-14-8-3-9-15-19)20(18-12-6-2-7-13-18)26-27(23,24)16-17-10-4-1-5-11-17/h1-15,20H,16H2. The van der Waals surface area contributed by atoms with Gasteiger partial charge in [0.1, 0.15) is 11.5 Å². The molecule has 1 atom stereocenters. The zero-order valence-corrected chi connectivity index (χ0v) is 15.2. The largest absolute Gasteiger partial charge is 0.424 e. The van der Waals surface area contributed by atoms with Crippen LogP contribution in [0.3, 0.4) is 0 Å². The second-order valence-corrected chi connectivity index (χ2v) is 7.41. The third kappa shape index (κ3) is 5.51. The molecule has 0 saturated carbocycles. The van der Waals surface area contributed by atoms with Crippen molar-refractivity contribution >= 4 is 16.1 Å². The number of benzene rings is 3. The number of para-hydroxylation sites is 1. The van der Waals surface area contributed by atoms with Crippen LogP contribution in [0.4, 0.5) is 0 Å². The lowest BCUT2D eigenvalue weighted by Gasteiger charge is -2.17. The molecule has 3 aromatic carbocycles. The molecule has 1 unspecified atom stereocenters. The third-order valence-electron chi connectivity index (χ3n) is 3.71. The monoisotopic (exact) mass is 382 g/mol. The summed E-state index contributed by atoms with van der Waals surface area (Å²) in [5.41, 5.74) is 0.968. The maximum atomic E-state index is 12.6. The van der Waals surface area contributed by atoms with Gasteiger partial charge in [0.15, 0.2) is 6.10 Å². The maximum Gasteiger partial charge on any atom is 0.346 e. The highest BCUT2D eigenvalue weighted by Crippen LogP contribution is 2.24. The first kappa shape index (κ1) is 18.8. The molecule has 0 saturated heterocycles. The van der Waals surface area contributed by atoms with E-state index in [1.165, 1.54) is 0 Å². The minimum Gasteiger partial charge on any atom is -0.424 e. The van der Waals surface area contributed by atoms with Crippen molar-refractivity contribution < 1.29 is 22.1 Å². The Morgan fingerprint density at radius 1 is 0.778 bits per heavy atom. The van der Waals surface area contributed by atoms with Crippen LogP contribution >= 0.6 is 0 Å². The molecule has 3 rings (SSSR count). The van der Waals surface area contributed by atoms with Crippen LogP contribution in [0.5, 0.6) is 5.75 Å². The summed E-state index contributed by atoms with van der Waals surface area (Å²) >= 11 is 0. The molecular weight excluding hydrogens is 364 g/mol. The molecule has 138 valence electrons. The van der Waals surface area contributed by atoms with E-state index in [2.05, 4.69) is 0 Å². The third-order valence-corrected chi connectivity index (χ3v) is 4.88. The zero-order valence-electron chi connectivity index (χ0n) is 14.4. The summed E-state index contributed by atoms with van der Waals surface area (Å²) in [7, 11) is -4.02. The summed E-state index contributed by atoms with van der Waals surface area (Å²) in [4.78, 5) is 12.6. The number of esters is 1. The van der Waals surface area contributed by atoms with Crippen LogP contribution in [-0.2, 0) is 24.8 Å². The molecule has 5 nitrogen and oxygen atoms in total. The molecular formula is C21H18O5S. The van der Waals surface area contributed by atoms with Gasteiger partial charge in [-0.25, -0.2) is 8.98 Å². The molecule has 0 aliphatic heterocycles. The van der Waals surface area contributed by atoms with Crippen molar-refractivity contribution in [3.8, 4) is 5.75 Å². The summed E-state index contributed by atoms with van der Waals surface area (Å²) in [6, 6.07) is 25.5. The molecule has 0 bridgehead atoms. The van der Waals surface area contributed by atoms with Gasteiger partial charge in [-0.1, -0.05) is 78.9 Å². The molecule has 0 aliphatic rings. The molecule has 0 heterocycles. The first-order valence-corrected chi connectivity index (χ1v) is 9.88. The van der Waals surface area contributed by atoms with E-state index in [1.807, 2.05) is 0 Å². The van der Waals surface area contributed by atoms with Gasteiger partial charge in [0.2, 0.25) is 0 Å². The van der Waals surface area contributed by atoms with Crippen molar-refractivity contribution in [2.45, 2.75) is 11.9 Å². The predicted molar refractivity (Wildman–Crippen MR) is 101 cm³/mol. The van der Waals surface area contributed by atoms with Gasteiger partial charge in [0, 0.05) is 0 Å². The zero-order chi connectivity index (χ0) is 19.1. The van der Waals surface area contributed by atoms with Crippen molar-refractivity contribution in [3.63, 3.8) is 0 Å². The SMILES string of the molecule is O=C(Oc1ccccc1)C(OS(=O)(=O)Cc1ccccc1)c1ccccc1. The van der Waals surface area contributed by atoms with Gasteiger partial charge >= 0.3 is 5.97 Å². The van der Waals surface area contributed by atoms with Crippen LogP contribution in [-0.4, -0.2) is 14.4 Å². The highest BCUT2D eigenvalue weighted by Gasteiger charge is 2.30. The fourth-order valence-electron chi connectivity index (χ4n) is 2.48. The number of carbonyl (C=O) groups is 1. The fraction of sp³-hybridized carbons (Fsp3) is 0.0952. The smallest absolute Gasteiger partial charge is 0.346 e. The molecule has 0 amide bonds. The lowest BCUT2D eigenvalue weighted by atomic mass is 10.1. The first-order valence-electron chi connectivity index (χ1n) is 8.30. The van der Waals surface area contributed by atoms with Crippen LogP contribution in [0.1, 0.15) is 17.2 Å². The molecule has 3 aromatic rings. The molecule has 0 N–H and O–H groups in total. The van der Waals surface area contributed by atoms with Crippen molar-refractivity contribution in [3.05, 3.63) is 102 Å². The van der Waals surface area contributed by atoms with Crippen LogP contribution in [0.15, 0.2) is 91.0 Å². The average Bonchev–Trinajstić information content (AvgIpc) is 2.68. The van der Waals surface area contributed by atoms with Crippen LogP contribution in [0, 0.1) is 0 Å². The quantitative estimate of drug-likeness (QED) is 0.352. The molecule has 6 heteroatoms. The van der Waals surface area contributed by atoms with Crippen molar-refractivity contribution in [1.29, 1.82) is 0 Å². The van der Waals surface area contributed by atoms with E-state index >= 15 is 0 Å². The minimum atomic E-state index is -4.02. The lowest BCUT2D eigenvalue weighted by molar-refractivity contribution is -0.142. The second-order valence-electron chi connectivity index (χ2n) is 5.81. The summed E-state index contributed by atoms with van der Waals surface area (Å²) < 4.78 is 35.6. The molecule has 27 heavy (non-hydrogen) atoms. The van der Waals surface area contributed by atoms with E-state index in [9.17, 15) is 13.2 Å². The number of carbonyl (C=O) groups excluding carboxylic acids is 1. The summed E-state index contributed by atoms with van der Waals surface area (Å²) in [5.74, 6) is -0.827. The molecule has 0 aliphatic carbocycles. The van der Waals surface area contributed by atoms with Crippen LogP contribution in [0.2, 0.25) is 0 Å². The molecule has 0 fully saturated rings. The predicted octanol–water partition coefficient (Wildman–Crippen LogP) is 3.88. The topological polar surface area (TPSA) is 69.7 Å². The lowest BCUT2D eigenvalue weighted by Crippen LogP contribution is -2.25. The van der Waals surface area contributed by atoms with Gasteiger partial charge in [-0.3, -0.25) is 0 Å². The Bertz CT molecular complexity index is 971. The van der Waals surface area contributed by atoms with Gasteiger partial charge in [0.25, 0.3) is 10.1 Å². The Labute approximate surface area is 158 Å². The highest BCUT2D eigenvalue weighted by atomic mass is 32.2. The average molecular weight is 382 g/mol. The van der Waals surface area contributed by atoms with Gasteiger partial charge < -0.3 is 4.74 Å². The Hall–Kier alpha value is -2.96. The Kier molecular flexibility index (Phi) is 6.01. The summed E-state index contributed by atoms with van der Waals surface area (Å²) in [6.45, 7) is 0. The van der Waals surface area contributed by atoms with E-state index in [0.717, 1.165) is 0 Å². The number of rotatable bonds is 7. The summed E-state index contributed by atoms with van der Waals surface area (Å²) in [5, 5.41) is 0.